The lowest BCUT2D eigenvalue weighted by molar-refractivity contribution is 0.970. The molecule has 1 aliphatic carbocycles. The van der Waals surface area contributed by atoms with Crippen LogP contribution in [0.1, 0.15) is 25.3 Å². The minimum absolute atomic E-state index is 0.872. The van der Waals surface area contributed by atoms with Crippen LogP contribution in [-0.4, -0.2) is 0 Å². The average Bonchev–Trinajstić information content (AvgIpc) is 3.39. The minimum atomic E-state index is 0.872. The molecule has 2 heteroatoms. The van der Waals surface area contributed by atoms with Gasteiger partial charge in [-0.15, -0.1) is 0 Å². The second-order valence-electron chi connectivity index (χ2n) is 16.4. The maximum Gasteiger partial charge on any atom is 0.0540 e. The zero-order valence-electron chi connectivity index (χ0n) is 36.7. The molecule has 0 aliphatic heterocycles. The highest BCUT2D eigenvalue weighted by atomic mass is 15.2. The van der Waals surface area contributed by atoms with Crippen molar-refractivity contribution in [3.05, 3.63) is 278 Å². The van der Waals surface area contributed by atoms with Gasteiger partial charge in [0.25, 0.3) is 0 Å². The number of allylic oxidation sites excluding steroid dienone is 5. The minimum Gasteiger partial charge on any atom is -0.310 e. The maximum atomic E-state index is 4.98. The SMILES string of the molecule is C=C(C1=C(/C(=C\C)N(c2cccc(-c3ccccc3)c2)c2ccccc2-c2ccccc2)C=CCC1)c1ccc(N(c2ccccc2)c2ccccc2-c2ccccc2)c2ccccc12. The number of hydrogen-bond acceptors (Lipinski definition) is 2. The monoisotopic (exact) mass is 834 g/mol. The molecule has 0 heterocycles. The number of anilines is 5. The Morgan fingerprint density at radius 1 is 0.462 bits per heavy atom. The smallest absolute Gasteiger partial charge is 0.0540 e. The first-order chi connectivity index (χ1) is 32.2. The Bertz CT molecular complexity index is 3220. The second-order valence-corrected chi connectivity index (χ2v) is 16.4. The molecule has 9 aromatic carbocycles. The Kier molecular flexibility index (Phi) is 11.7. The summed E-state index contributed by atoms with van der Waals surface area (Å²) < 4.78 is 0. The third-order valence-electron chi connectivity index (χ3n) is 12.5. The van der Waals surface area contributed by atoms with E-state index in [1.165, 1.54) is 44.3 Å². The molecule has 0 bridgehead atoms. The molecular formula is C63H50N2. The van der Waals surface area contributed by atoms with E-state index in [0.29, 0.717) is 0 Å². The lowest BCUT2D eigenvalue weighted by Gasteiger charge is -2.33. The van der Waals surface area contributed by atoms with E-state index in [2.05, 4.69) is 265 Å². The highest BCUT2D eigenvalue weighted by Crippen LogP contribution is 2.47. The van der Waals surface area contributed by atoms with Crippen molar-refractivity contribution in [3.63, 3.8) is 0 Å². The molecule has 1 aliphatic rings. The molecule has 0 radical (unpaired) electrons. The quantitative estimate of drug-likeness (QED) is 0.121. The molecule has 0 saturated carbocycles. The first kappa shape index (κ1) is 40.8. The van der Waals surface area contributed by atoms with E-state index in [4.69, 9.17) is 6.58 Å². The van der Waals surface area contributed by atoms with Crippen molar-refractivity contribution in [2.75, 3.05) is 9.80 Å². The number of para-hydroxylation sites is 3. The van der Waals surface area contributed by atoms with Crippen molar-refractivity contribution in [3.8, 4) is 33.4 Å². The summed E-state index contributed by atoms with van der Waals surface area (Å²) in [6.07, 6.45) is 8.73. The fourth-order valence-corrected chi connectivity index (χ4v) is 9.44. The van der Waals surface area contributed by atoms with E-state index in [1.54, 1.807) is 0 Å². The maximum absolute atomic E-state index is 4.98. The van der Waals surface area contributed by atoms with Gasteiger partial charge in [0, 0.05) is 39.2 Å². The summed E-state index contributed by atoms with van der Waals surface area (Å²) in [7, 11) is 0. The van der Waals surface area contributed by atoms with Gasteiger partial charge in [0.15, 0.2) is 0 Å². The Morgan fingerprint density at radius 3 is 1.65 bits per heavy atom. The van der Waals surface area contributed by atoms with Gasteiger partial charge in [-0.1, -0.05) is 213 Å². The summed E-state index contributed by atoms with van der Waals surface area (Å²) in [6.45, 7) is 7.15. The molecular weight excluding hydrogens is 785 g/mol. The van der Waals surface area contributed by atoms with Gasteiger partial charge in [-0.3, -0.25) is 0 Å². The molecule has 0 fully saturated rings. The predicted molar refractivity (Wildman–Crippen MR) is 278 cm³/mol. The summed E-state index contributed by atoms with van der Waals surface area (Å²) in [5.41, 5.74) is 18.3. The fourth-order valence-electron chi connectivity index (χ4n) is 9.44. The molecule has 0 atom stereocenters. The third kappa shape index (κ3) is 8.15. The van der Waals surface area contributed by atoms with Crippen LogP contribution in [0.25, 0.3) is 49.7 Å². The summed E-state index contributed by atoms with van der Waals surface area (Å²) in [5.74, 6) is 0. The topological polar surface area (TPSA) is 6.48 Å². The largest absolute Gasteiger partial charge is 0.310 e. The molecule has 2 nitrogen and oxygen atoms in total. The molecule has 0 unspecified atom stereocenters. The van der Waals surface area contributed by atoms with Crippen LogP contribution in [0.2, 0.25) is 0 Å². The van der Waals surface area contributed by atoms with Crippen molar-refractivity contribution in [2.24, 2.45) is 0 Å². The van der Waals surface area contributed by atoms with Gasteiger partial charge >= 0.3 is 0 Å². The molecule has 9 aromatic rings. The molecule has 10 rings (SSSR count). The Hall–Kier alpha value is -8.20. The van der Waals surface area contributed by atoms with Gasteiger partial charge < -0.3 is 9.80 Å². The van der Waals surface area contributed by atoms with E-state index in [9.17, 15) is 0 Å². The van der Waals surface area contributed by atoms with Crippen LogP contribution >= 0.6 is 0 Å². The first-order valence-electron chi connectivity index (χ1n) is 22.6. The Balaban J connectivity index is 1.13. The van der Waals surface area contributed by atoms with Crippen LogP contribution in [0, 0.1) is 0 Å². The van der Waals surface area contributed by atoms with E-state index in [1.807, 2.05) is 0 Å². The number of fused-ring (bicyclic) bond motifs is 1. The van der Waals surface area contributed by atoms with E-state index >= 15 is 0 Å². The van der Waals surface area contributed by atoms with Crippen molar-refractivity contribution in [1.29, 1.82) is 0 Å². The second kappa shape index (κ2) is 18.6. The lowest BCUT2D eigenvalue weighted by Crippen LogP contribution is -2.20. The van der Waals surface area contributed by atoms with Crippen LogP contribution < -0.4 is 9.80 Å². The number of hydrogen-bond donors (Lipinski definition) is 0. The summed E-state index contributed by atoms with van der Waals surface area (Å²) in [5, 5.41) is 2.33. The number of rotatable bonds is 12. The first-order valence-corrected chi connectivity index (χ1v) is 22.6. The molecule has 312 valence electrons. The van der Waals surface area contributed by atoms with E-state index < -0.39 is 0 Å². The molecule has 65 heavy (non-hydrogen) atoms. The zero-order valence-corrected chi connectivity index (χ0v) is 36.7. The van der Waals surface area contributed by atoms with Crippen molar-refractivity contribution >= 4 is 44.8 Å². The summed E-state index contributed by atoms with van der Waals surface area (Å²) in [6, 6.07) is 82.7. The molecule has 0 spiro atoms. The van der Waals surface area contributed by atoms with E-state index in [-0.39, 0.29) is 0 Å². The average molecular weight is 835 g/mol. The van der Waals surface area contributed by atoms with Gasteiger partial charge in [-0.2, -0.15) is 0 Å². The number of benzene rings is 9. The van der Waals surface area contributed by atoms with Gasteiger partial charge in [0.2, 0.25) is 0 Å². The van der Waals surface area contributed by atoms with Crippen LogP contribution in [0.4, 0.5) is 28.4 Å². The molecule has 0 amide bonds. The zero-order chi connectivity index (χ0) is 44.0. The van der Waals surface area contributed by atoms with Crippen LogP contribution in [-0.2, 0) is 0 Å². The van der Waals surface area contributed by atoms with Crippen LogP contribution in [0.3, 0.4) is 0 Å². The van der Waals surface area contributed by atoms with Gasteiger partial charge in [-0.25, -0.2) is 0 Å². The highest BCUT2D eigenvalue weighted by molar-refractivity contribution is 6.07. The van der Waals surface area contributed by atoms with Crippen molar-refractivity contribution < 1.29 is 0 Å². The van der Waals surface area contributed by atoms with Crippen molar-refractivity contribution in [1.82, 2.24) is 0 Å². The molecule has 0 aromatic heterocycles. The Labute approximate surface area is 383 Å². The van der Waals surface area contributed by atoms with Crippen LogP contribution in [0.15, 0.2) is 272 Å². The lowest BCUT2D eigenvalue weighted by atomic mass is 9.84. The normalized spacial score (nSPS) is 12.6. The Morgan fingerprint density at radius 2 is 0.985 bits per heavy atom. The van der Waals surface area contributed by atoms with E-state index in [0.717, 1.165) is 69.1 Å². The number of nitrogens with zero attached hydrogens (tertiary/aromatic N) is 2. The highest BCUT2D eigenvalue weighted by Gasteiger charge is 2.26. The molecule has 0 saturated heterocycles. The van der Waals surface area contributed by atoms with Crippen LogP contribution in [0.5, 0.6) is 0 Å². The summed E-state index contributed by atoms with van der Waals surface area (Å²) >= 11 is 0. The standard InChI is InChI=1S/C63H50N2/c1-3-60(65(52-34-24-31-50(45-52)47-25-8-4-9-26-47)62-42-23-21-37-56(62)49-29-12-6-13-30-49)58-39-18-16-35-53(58)46(2)54-43-44-63(59-40-19-17-38-57(54)59)64(51-32-14-7-15-33-51)61-41-22-20-36-55(61)48-27-10-5-11-28-48/h3-15,17-34,36-45H,2,16,35H2,1H3/b60-3+. The molecule has 0 N–H and O–H groups in total. The fraction of sp³-hybridized carbons (Fsp3) is 0.0476. The predicted octanol–water partition coefficient (Wildman–Crippen LogP) is 17.7. The summed E-state index contributed by atoms with van der Waals surface area (Å²) in [4.78, 5) is 4.87. The van der Waals surface area contributed by atoms with Gasteiger partial charge in [-0.05, 0) is 107 Å². The van der Waals surface area contributed by atoms with Gasteiger partial charge in [0.05, 0.1) is 17.1 Å². The van der Waals surface area contributed by atoms with Gasteiger partial charge in [0.1, 0.15) is 0 Å². The third-order valence-corrected chi connectivity index (χ3v) is 12.5. The van der Waals surface area contributed by atoms with Crippen molar-refractivity contribution in [2.45, 2.75) is 19.8 Å².